The standard InChI is InChI=1S/C21H20F3N5O4S/c1-12-2-5-18(30)29(28-12)13-3-4-17(15(8-13)21(22,23)24)34(32,33)14-9-16(26-10-14)19(31)27-20(11-25)6-7-20/h2-5,8,14,16,26H,6-7,9-10H2,1H3,(H,27,31)/t14-,16+/m1/s1. The highest BCUT2D eigenvalue weighted by atomic mass is 32.2. The summed E-state index contributed by atoms with van der Waals surface area (Å²) in [6.45, 7) is 1.33. The molecular formula is C21H20F3N5O4S. The van der Waals surface area contributed by atoms with E-state index in [2.05, 4.69) is 15.7 Å². The Morgan fingerprint density at radius 3 is 2.62 bits per heavy atom. The fourth-order valence-corrected chi connectivity index (χ4v) is 5.70. The molecule has 0 unspecified atom stereocenters. The molecule has 1 amide bonds. The van der Waals surface area contributed by atoms with Gasteiger partial charge in [-0.1, -0.05) is 0 Å². The lowest BCUT2D eigenvalue weighted by molar-refractivity contribution is -0.139. The van der Waals surface area contributed by atoms with Gasteiger partial charge in [-0.3, -0.25) is 9.59 Å². The van der Waals surface area contributed by atoms with Crippen LogP contribution < -0.4 is 16.2 Å². The average Bonchev–Trinajstić information content (AvgIpc) is 3.35. The maximum Gasteiger partial charge on any atom is 0.417 e. The number of aryl methyl sites for hydroxylation is 1. The molecule has 13 heteroatoms. The maximum atomic E-state index is 13.9. The van der Waals surface area contributed by atoms with E-state index in [1.807, 2.05) is 6.07 Å². The number of aromatic nitrogens is 2. The summed E-state index contributed by atoms with van der Waals surface area (Å²) in [4.78, 5) is 23.6. The Morgan fingerprint density at radius 1 is 1.29 bits per heavy atom. The van der Waals surface area contributed by atoms with E-state index in [0.717, 1.165) is 22.9 Å². The monoisotopic (exact) mass is 495 g/mol. The van der Waals surface area contributed by atoms with Crippen molar-refractivity contribution in [3.05, 3.63) is 51.9 Å². The number of hydrogen-bond donors (Lipinski definition) is 2. The highest BCUT2D eigenvalue weighted by Crippen LogP contribution is 2.38. The number of nitrogens with zero attached hydrogens (tertiary/aromatic N) is 3. The van der Waals surface area contributed by atoms with E-state index < -0.39 is 54.8 Å². The van der Waals surface area contributed by atoms with E-state index in [4.69, 9.17) is 5.26 Å². The van der Waals surface area contributed by atoms with Gasteiger partial charge in [-0.2, -0.15) is 28.2 Å². The Bertz CT molecular complexity index is 1360. The van der Waals surface area contributed by atoms with Crippen molar-refractivity contribution in [1.29, 1.82) is 5.26 Å². The summed E-state index contributed by atoms with van der Waals surface area (Å²) < 4.78 is 68.8. The van der Waals surface area contributed by atoms with Crippen molar-refractivity contribution >= 4 is 15.7 Å². The van der Waals surface area contributed by atoms with Gasteiger partial charge in [-0.25, -0.2) is 8.42 Å². The second kappa shape index (κ2) is 8.21. The number of carbonyl (C=O) groups is 1. The highest BCUT2D eigenvalue weighted by Gasteiger charge is 2.48. The molecular weight excluding hydrogens is 475 g/mol. The number of nitriles is 1. The third kappa shape index (κ3) is 4.43. The van der Waals surface area contributed by atoms with E-state index in [9.17, 15) is 31.2 Å². The van der Waals surface area contributed by atoms with E-state index in [0.29, 0.717) is 24.6 Å². The van der Waals surface area contributed by atoms with Crippen LogP contribution >= 0.6 is 0 Å². The van der Waals surface area contributed by atoms with Gasteiger partial charge in [0.2, 0.25) is 5.91 Å². The minimum absolute atomic E-state index is 0.224. The Labute approximate surface area is 192 Å². The predicted molar refractivity (Wildman–Crippen MR) is 113 cm³/mol. The van der Waals surface area contributed by atoms with Gasteiger partial charge in [0.05, 0.1) is 39.2 Å². The quantitative estimate of drug-likeness (QED) is 0.637. The average molecular weight is 495 g/mol. The van der Waals surface area contributed by atoms with E-state index >= 15 is 0 Å². The normalized spacial score (nSPS) is 21.6. The van der Waals surface area contributed by atoms with Crippen LogP contribution in [0.15, 0.2) is 40.0 Å². The summed E-state index contributed by atoms with van der Waals surface area (Å²) in [5.41, 5.74) is -2.89. The summed E-state index contributed by atoms with van der Waals surface area (Å²) in [7, 11) is -4.51. The number of nitrogens with one attached hydrogen (secondary N) is 2. The van der Waals surface area contributed by atoms with E-state index in [-0.39, 0.29) is 18.7 Å². The predicted octanol–water partition coefficient (Wildman–Crippen LogP) is 1.24. The Kier molecular flexibility index (Phi) is 5.77. The Hall–Kier alpha value is -3.24. The van der Waals surface area contributed by atoms with Crippen LogP contribution in [0.4, 0.5) is 13.2 Å². The molecule has 1 aromatic carbocycles. The van der Waals surface area contributed by atoms with Crippen molar-refractivity contribution < 1.29 is 26.4 Å². The fourth-order valence-electron chi connectivity index (χ4n) is 3.84. The molecule has 180 valence electrons. The minimum Gasteiger partial charge on any atom is -0.336 e. The zero-order chi connectivity index (χ0) is 24.9. The molecule has 2 heterocycles. The Balaban J connectivity index is 1.65. The van der Waals surface area contributed by atoms with Gasteiger partial charge in [0.25, 0.3) is 5.56 Å². The first-order valence-corrected chi connectivity index (χ1v) is 11.9. The lowest BCUT2D eigenvalue weighted by atomic mass is 10.2. The second-order valence-corrected chi connectivity index (χ2v) is 10.6. The van der Waals surface area contributed by atoms with Gasteiger partial charge in [-0.15, -0.1) is 0 Å². The molecule has 1 aromatic heterocycles. The first-order chi connectivity index (χ1) is 15.9. The first-order valence-electron chi connectivity index (χ1n) is 10.4. The number of sulfone groups is 1. The van der Waals surface area contributed by atoms with Crippen molar-refractivity contribution in [2.24, 2.45) is 0 Å². The van der Waals surface area contributed by atoms with Crippen LogP contribution in [0.25, 0.3) is 5.69 Å². The lowest BCUT2D eigenvalue weighted by Gasteiger charge is -2.18. The van der Waals surface area contributed by atoms with Crippen molar-refractivity contribution in [3.8, 4) is 11.8 Å². The molecule has 0 spiro atoms. The molecule has 1 aliphatic heterocycles. The summed E-state index contributed by atoms with van der Waals surface area (Å²) in [6.07, 6.45) is -4.29. The lowest BCUT2D eigenvalue weighted by Crippen LogP contribution is -2.45. The Morgan fingerprint density at radius 2 is 2.00 bits per heavy atom. The molecule has 1 saturated heterocycles. The van der Waals surface area contributed by atoms with Gasteiger partial charge in [0.15, 0.2) is 9.84 Å². The number of rotatable bonds is 5. The first kappa shape index (κ1) is 23.9. The van der Waals surface area contributed by atoms with Crippen molar-refractivity contribution in [1.82, 2.24) is 20.4 Å². The molecule has 2 fully saturated rings. The van der Waals surface area contributed by atoms with Crippen molar-refractivity contribution in [2.45, 2.75) is 54.1 Å². The molecule has 2 atom stereocenters. The molecule has 2 N–H and O–H groups in total. The topological polar surface area (TPSA) is 134 Å². The SMILES string of the molecule is Cc1ccc(=O)n(-c2ccc(S(=O)(=O)[C@H]3CN[C@H](C(=O)NC4(C#N)CC4)C3)c(C(F)(F)F)c2)n1. The van der Waals surface area contributed by atoms with E-state index in [1.54, 1.807) is 6.92 Å². The molecule has 0 bridgehead atoms. The summed E-state index contributed by atoms with van der Waals surface area (Å²) in [5, 5.41) is 17.0. The number of halogens is 3. The van der Waals surface area contributed by atoms with Crippen LogP contribution in [0.2, 0.25) is 0 Å². The zero-order valence-electron chi connectivity index (χ0n) is 17.9. The van der Waals surface area contributed by atoms with Gasteiger partial charge in [0, 0.05) is 12.6 Å². The van der Waals surface area contributed by atoms with Crippen LogP contribution in [0, 0.1) is 18.3 Å². The molecule has 2 aromatic rings. The van der Waals surface area contributed by atoms with Crippen LogP contribution in [-0.2, 0) is 20.8 Å². The second-order valence-electron chi connectivity index (χ2n) is 8.45. The van der Waals surface area contributed by atoms with Gasteiger partial charge in [-0.05, 0) is 50.5 Å². The van der Waals surface area contributed by atoms with Crippen LogP contribution in [0.1, 0.15) is 30.5 Å². The molecule has 1 aliphatic carbocycles. The molecule has 4 rings (SSSR count). The molecule has 2 aliphatic rings. The smallest absolute Gasteiger partial charge is 0.336 e. The number of amides is 1. The number of alkyl halides is 3. The largest absolute Gasteiger partial charge is 0.417 e. The van der Waals surface area contributed by atoms with Gasteiger partial charge >= 0.3 is 6.18 Å². The van der Waals surface area contributed by atoms with Crippen LogP contribution in [-0.4, -0.2) is 47.5 Å². The molecule has 0 radical (unpaired) electrons. The summed E-state index contributed by atoms with van der Waals surface area (Å²) in [5.74, 6) is -0.562. The minimum atomic E-state index is -5.03. The maximum absolute atomic E-state index is 13.9. The fraction of sp³-hybridized carbons (Fsp3) is 0.429. The van der Waals surface area contributed by atoms with Crippen molar-refractivity contribution in [2.75, 3.05) is 6.54 Å². The molecule has 9 nitrogen and oxygen atoms in total. The number of carbonyl (C=O) groups excluding carboxylic acids is 1. The van der Waals surface area contributed by atoms with Gasteiger partial charge in [0.1, 0.15) is 5.54 Å². The van der Waals surface area contributed by atoms with Crippen LogP contribution in [0.3, 0.4) is 0 Å². The third-order valence-electron chi connectivity index (χ3n) is 5.93. The van der Waals surface area contributed by atoms with Gasteiger partial charge < -0.3 is 10.6 Å². The zero-order valence-corrected chi connectivity index (χ0v) is 18.7. The van der Waals surface area contributed by atoms with Crippen LogP contribution in [0.5, 0.6) is 0 Å². The molecule has 34 heavy (non-hydrogen) atoms. The van der Waals surface area contributed by atoms with Crippen molar-refractivity contribution in [3.63, 3.8) is 0 Å². The molecule has 1 saturated carbocycles. The summed E-state index contributed by atoms with van der Waals surface area (Å²) in [6, 6.07) is 6.08. The number of benzene rings is 1. The summed E-state index contributed by atoms with van der Waals surface area (Å²) >= 11 is 0. The van der Waals surface area contributed by atoms with E-state index in [1.165, 1.54) is 6.07 Å². The third-order valence-corrected chi connectivity index (χ3v) is 8.13. The number of hydrogen-bond acceptors (Lipinski definition) is 7. The highest BCUT2D eigenvalue weighted by molar-refractivity contribution is 7.92.